The Morgan fingerprint density at radius 1 is 1.22 bits per heavy atom. The fourth-order valence-electron chi connectivity index (χ4n) is 1.39. The number of aromatic hydroxyl groups is 1. The van der Waals surface area contributed by atoms with Crippen LogP contribution in [0.2, 0.25) is 0 Å². The molecule has 0 spiro atoms. The summed E-state index contributed by atoms with van der Waals surface area (Å²) in [5.41, 5.74) is 0.506. The molecule has 1 N–H and O–H groups in total. The van der Waals surface area contributed by atoms with Crippen molar-refractivity contribution in [2.45, 2.75) is 3.79 Å². The molecule has 0 radical (unpaired) electrons. The van der Waals surface area contributed by atoms with E-state index in [1.807, 2.05) is 0 Å². The van der Waals surface area contributed by atoms with Gasteiger partial charge in [0.05, 0.1) is 5.69 Å². The van der Waals surface area contributed by atoms with Gasteiger partial charge in [0.1, 0.15) is 17.5 Å². The number of hydrogen-bond donors (Lipinski definition) is 1. The van der Waals surface area contributed by atoms with Crippen LogP contribution in [0.5, 0.6) is 5.75 Å². The lowest BCUT2D eigenvalue weighted by Gasteiger charge is -2.13. The Hall–Kier alpha value is -1.48. The molecule has 8 heteroatoms. The molecule has 0 aliphatic carbocycles. The summed E-state index contributed by atoms with van der Waals surface area (Å²) < 4.78 is -0.586. The highest BCUT2D eigenvalue weighted by Gasteiger charge is 2.33. The molecule has 1 aromatic carbocycles. The van der Waals surface area contributed by atoms with Gasteiger partial charge in [-0.2, -0.15) is 5.26 Å². The maximum atomic E-state index is 9.21. The van der Waals surface area contributed by atoms with Crippen LogP contribution in [-0.2, 0) is 3.79 Å². The standard InChI is InChI=1S/C10H5Cl3N4O/c11-10(12,13)9-8(5-14)15-16-17(9)6-1-3-7(18)4-2-6/h1-4,18H. The molecule has 0 aliphatic rings. The molecule has 1 heterocycles. The number of aromatic nitrogens is 3. The van der Waals surface area contributed by atoms with E-state index < -0.39 is 3.79 Å². The van der Waals surface area contributed by atoms with Crippen molar-refractivity contribution >= 4 is 34.8 Å². The molecule has 92 valence electrons. The van der Waals surface area contributed by atoms with Gasteiger partial charge in [-0.15, -0.1) is 5.10 Å². The molecule has 0 saturated carbocycles. The van der Waals surface area contributed by atoms with Crippen LogP contribution >= 0.6 is 34.8 Å². The van der Waals surface area contributed by atoms with Gasteiger partial charge in [-0.3, -0.25) is 0 Å². The summed E-state index contributed by atoms with van der Waals surface area (Å²) in [7, 11) is 0. The molecular formula is C10H5Cl3N4O. The minimum atomic E-state index is -1.83. The van der Waals surface area contributed by atoms with Crippen molar-refractivity contribution in [1.82, 2.24) is 15.0 Å². The number of halogens is 3. The third-order valence-electron chi connectivity index (χ3n) is 2.14. The largest absolute Gasteiger partial charge is 0.508 e. The maximum Gasteiger partial charge on any atom is 0.235 e. The Morgan fingerprint density at radius 3 is 2.33 bits per heavy atom. The van der Waals surface area contributed by atoms with Gasteiger partial charge in [0.2, 0.25) is 3.79 Å². The second-order valence-corrected chi connectivity index (χ2v) is 5.61. The lowest BCUT2D eigenvalue weighted by Crippen LogP contribution is -2.11. The number of benzene rings is 1. The first-order valence-corrected chi connectivity index (χ1v) is 5.79. The first-order valence-electron chi connectivity index (χ1n) is 4.66. The van der Waals surface area contributed by atoms with Gasteiger partial charge in [-0.1, -0.05) is 40.0 Å². The molecule has 0 aliphatic heterocycles. The van der Waals surface area contributed by atoms with Crippen molar-refractivity contribution in [3.8, 4) is 17.5 Å². The third kappa shape index (κ3) is 2.36. The van der Waals surface area contributed by atoms with Crippen LogP contribution in [0.4, 0.5) is 0 Å². The summed E-state index contributed by atoms with van der Waals surface area (Å²) in [6, 6.07) is 7.83. The molecule has 18 heavy (non-hydrogen) atoms. The monoisotopic (exact) mass is 302 g/mol. The number of nitriles is 1. The highest BCUT2D eigenvalue weighted by atomic mass is 35.6. The summed E-state index contributed by atoms with van der Waals surface area (Å²) in [5.74, 6) is 0.0924. The van der Waals surface area contributed by atoms with Crippen molar-refractivity contribution in [2.75, 3.05) is 0 Å². The molecule has 0 unspecified atom stereocenters. The van der Waals surface area contributed by atoms with Crippen LogP contribution < -0.4 is 0 Å². The second-order valence-electron chi connectivity index (χ2n) is 3.32. The molecule has 0 fully saturated rings. The summed E-state index contributed by atoms with van der Waals surface area (Å²) in [6.07, 6.45) is 0. The quantitative estimate of drug-likeness (QED) is 0.822. The maximum absolute atomic E-state index is 9.21. The number of rotatable bonds is 1. The van der Waals surface area contributed by atoms with Gasteiger partial charge in [0.25, 0.3) is 0 Å². The Bertz CT molecular complexity index is 610. The molecule has 0 amide bonds. The molecule has 1 aromatic heterocycles. The molecule has 0 atom stereocenters. The SMILES string of the molecule is N#Cc1nnn(-c2ccc(O)cc2)c1C(Cl)(Cl)Cl. The van der Waals surface area contributed by atoms with Crippen LogP contribution in [0, 0.1) is 11.3 Å². The Kier molecular flexibility index (Phi) is 3.35. The van der Waals surface area contributed by atoms with E-state index >= 15 is 0 Å². The van der Waals surface area contributed by atoms with E-state index in [2.05, 4.69) is 10.3 Å². The van der Waals surface area contributed by atoms with Crippen molar-refractivity contribution < 1.29 is 5.11 Å². The van der Waals surface area contributed by atoms with Crippen LogP contribution in [0.3, 0.4) is 0 Å². The first kappa shape index (κ1) is 13.0. The van der Waals surface area contributed by atoms with Crippen LogP contribution in [0.1, 0.15) is 11.4 Å². The smallest absolute Gasteiger partial charge is 0.235 e. The average molecular weight is 304 g/mol. The van der Waals surface area contributed by atoms with Crippen LogP contribution in [-0.4, -0.2) is 20.1 Å². The molecule has 0 saturated heterocycles. The van der Waals surface area contributed by atoms with E-state index in [-0.39, 0.29) is 17.1 Å². The summed E-state index contributed by atoms with van der Waals surface area (Å²) >= 11 is 17.4. The minimum absolute atomic E-state index is 0.0562. The lowest BCUT2D eigenvalue weighted by molar-refractivity contribution is 0.475. The van der Waals surface area contributed by atoms with Crippen LogP contribution in [0.25, 0.3) is 5.69 Å². The zero-order chi connectivity index (χ0) is 13.3. The van der Waals surface area contributed by atoms with E-state index in [9.17, 15) is 5.11 Å². The summed E-state index contributed by atoms with van der Waals surface area (Å²) in [5, 5.41) is 25.5. The van der Waals surface area contributed by atoms with Gasteiger partial charge in [0, 0.05) is 0 Å². The van der Waals surface area contributed by atoms with E-state index in [1.165, 1.54) is 16.8 Å². The Morgan fingerprint density at radius 2 is 1.83 bits per heavy atom. The highest BCUT2D eigenvalue weighted by Crippen LogP contribution is 2.40. The van der Waals surface area contributed by atoms with E-state index in [0.29, 0.717) is 5.69 Å². The zero-order valence-corrected chi connectivity index (χ0v) is 10.9. The summed E-state index contributed by atoms with van der Waals surface area (Å²) in [4.78, 5) is 0. The fraction of sp³-hybridized carbons (Fsp3) is 0.100. The second kappa shape index (κ2) is 4.65. The van der Waals surface area contributed by atoms with Crippen molar-refractivity contribution in [3.63, 3.8) is 0 Å². The van der Waals surface area contributed by atoms with Gasteiger partial charge >= 0.3 is 0 Å². The van der Waals surface area contributed by atoms with Crippen molar-refractivity contribution in [3.05, 3.63) is 35.7 Å². The van der Waals surface area contributed by atoms with Gasteiger partial charge in [-0.25, -0.2) is 4.68 Å². The third-order valence-corrected chi connectivity index (χ3v) is 2.68. The Balaban J connectivity index is 2.63. The predicted molar refractivity (Wildman–Crippen MR) is 67.0 cm³/mol. The van der Waals surface area contributed by atoms with Crippen LogP contribution in [0.15, 0.2) is 24.3 Å². The zero-order valence-electron chi connectivity index (χ0n) is 8.68. The molecular weight excluding hydrogens is 298 g/mol. The topological polar surface area (TPSA) is 74.7 Å². The van der Waals surface area contributed by atoms with E-state index in [4.69, 9.17) is 40.1 Å². The van der Waals surface area contributed by atoms with Gasteiger partial charge in [0.15, 0.2) is 5.69 Å². The minimum Gasteiger partial charge on any atom is -0.508 e. The number of phenols is 1. The van der Waals surface area contributed by atoms with E-state index in [0.717, 1.165) is 0 Å². The molecule has 5 nitrogen and oxygen atoms in total. The average Bonchev–Trinajstić information content (AvgIpc) is 2.73. The normalized spacial score (nSPS) is 11.2. The van der Waals surface area contributed by atoms with Crippen molar-refractivity contribution in [2.24, 2.45) is 0 Å². The summed E-state index contributed by atoms with van der Waals surface area (Å²) in [6.45, 7) is 0. The Labute approximate surface area is 117 Å². The fourth-order valence-corrected chi connectivity index (χ4v) is 1.89. The van der Waals surface area contributed by atoms with Gasteiger partial charge < -0.3 is 5.11 Å². The molecule has 2 rings (SSSR count). The number of alkyl halides is 3. The lowest BCUT2D eigenvalue weighted by atomic mass is 10.3. The molecule has 2 aromatic rings. The predicted octanol–water partition coefficient (Wildman–Crippen LogP) is 2.67. The first-order chi connectivity index (χ1) is 8.43. The van der Waals surface area contributed by atoms with E-state index in [1.54, 1.807) is 18.2 Å². The van der Waals surface area contributed by atoms with Crippen molar-refractivity contribution in [1.29, 1.82) is 5.26 Å². The highest BCUT2D eigenvalue weighted by molar-refractivity contribution is 6.66. The molecule has 0 bridgehead atoms. The number of phenolic OH excluding ortho intramolecular Hbond substituents is 1. The van der Waals surface area contributed by atoms with Gasteiger partial charge in [-0.05, 0) is 24.3 Å². The number of nitrogens with zero attached hydrogens (tertiary/aromatic N) is 4. The number of hydrogen-bond acceptors (Lipinski definition) is 4.